The standard InChI is InChI=1S/C9H18O4.C8H14O3/c1-6(2)8(11)4-7(10)5-9(12)13-3;1-5(2)7-3-6(9)4-8(10)11-7/h6-8,10-11H,4-5H2,1-3H3;5-7,9H,3-4H2,1-2H3. The number of hydrogen-bond donors (Lipinski definition) is 3. The van der Waals surface area contributed by atoms with E-state index in [0.717, 1.165) is 0 Å². The van der Waals surface area contributed by atoms with Gasteiger partial charge in [0.25, 0.3) is 0 Å². The van der Waals surface area contributed by atoms with Crippen LogP contribution in [0.5, 0.6) is 0 Å². The summed E-state index contributed by atoms with van der Waals surface area (Å²) in [5, 5.41) is 27.9. The summed E-state index contributed by atoms with van der Waals surface area (Å²) >= 11 is 0. The normalized spacial score (nSPS) is 23.2. The fraction of sp³-hybridized carbons (Fsp3) is 0.882. The highest BCUT2D eigenvalue weighted by molar-refractivity contribution is 5.71. The number of ether oxygens (including phenoxy) is 2. The Kier molecular flexibility index (Phi) is 10.8. The monoisotopic (exact) mass is 348 g/mol. The average Bonchev–Trinajstić information content (AvgIpc) is 2.46. The molecule has 0 spiro atoms. The van der Waals surface area contributed by atoms with Gasteiger partial charge in [-0.3, -0.25) is 9.59 Å². The molecule has 0 aliphatic carbocycles. The third-order valence-electron chi connectivity index (χ3n) is 3.85. The van der Waals surface area contributed by atoms with Crippen LogP contribution in [-0.2, 0) is 19.1 Å². The molecular weight excluding hydrogens is 316 g/mol. The van der Waals surface area contributed by atoms with Gasteiger partial charge in [0.15, 0.2) is 0 Å². The van der Waals surface area contributed by atoms with E-state index in [9.17, 15) is 24.9 Å². The lowest BCUT2D eigenvalue weighted by molar-refractivity contribution is -0.163. The fourth-order valence-corrected chi connectivity index (χ4v) is 2.13. The van der Waals surface area contributed by atoms with Gasteiger partial charge in [0.2, 0.25) is 0 Å². The van der Waals surface area contributed by atoms with Gasteiger partial charge >= 0.3 is 11.9 Å². The van der Waals surface area contributed by atoms with Gasteiger partial charge in [-0.05, 0) is 11.8 Å². The summed E-state index contributed by atoms with van der Waals surface area (Å²) in [5.41, 5.74) is 0. The maximum absolute atomic E-state index is 10.8. The van der Waals surface area contributed by atoms with E-state index in [-0.39, 0.29) is 37.3 Å². The van der Waals surface area contributed by atoms with Gasteiger partial charge in [-0.2, -0.15) is 0 Å². The zero-order chi connectivity index (χ0) is 18.9. The third-order valence-corrected chi connectivity index (χ3v) is 3.85. The van der Waals surface area contributed by atoms with Crippen LogP contribution in [0.3, 0.4) is 0 Å². The van der Waals surface area contributed by atoms with Gasteiger partial charge in [-0.25, -0.2) is 0 Å². The van der Waals surface area contributed by atoms with Gasteiger partial charge in [0.1, 0.15) is 6.10 Å². The van der Waals surface area contributed by atoms with Crippen LogP contribution >= 0.6 is 0 Å². The number of hydrogen-bond acceptors (Lipinski definition) is 7. The Morgan fingerprint density at radius 1 is 1.29 bits per heavy atom. The molecule has 1 aliphatic rings. The molecule has 4 unspecified atom stereocenters. The summed E-state index contributed by atoms with van der Waals surface area (Å²) in [6.45, 7) is 7.68. The molecule has 142 valence electrons. The largest absolute Gasteiger partial charge is 0.469 e. The molecule has 1 aliphatic heterocycles. The van der Waals surface area contributed by atoms with Gasteiger partial charge in [-0.15, -0.1) is 0 Å². The summed E-state index contributed by atoms with van der Waals surface area (Å²) in [6, 6.07) is 0. The van der Waals surface area contributed by atoms with Crippen molar-refractivity contribution >= 4 is 11.9 Å². The number of cyclic esters (lactones) is 1. The highest BCUT2D eigenvalue weighted by atomic mass is 16.5. The second-order valence-corrected chi connectivity index (χ2v) is 6.85. The molecule has 1 heterocycles. The molecule has 0 aromatic carbocycles. The molecule has 0 aromatic heterocycles. The summed E-state index contributed by atoms with van der Waals surface area (Å²) in [6.07, 6.45) is -1.07. The first kappa shape index (κ1) is 22.8. The van der Waals surface area contributed by atoms with Crippen LogP contribution in [0.1, 0.15) is 53.4 Å². The third kappa shape index (κ3) is 9.85. The van der Waals surface area contributed by atoms with Crippen LogP contribution in [0.4, 0.5) is 0 Å². The van der Waals surface area contributed by atoms with Crippen molar-refractivity contribution in [1.29, 1.82) is 0 Å². The maximum Gasteiger partial charge on any atom is 0.308 e. The van der Waals surface area contributed by atoms with Crippen molar-refractivity contribution in [2.75, 3.05) is 7.11 Å². The van der Waals surface area contributed by atoms with Crippen LogP contribution in [-0.4, -0.2) is 58.8 Å². The minimum atomic E-state index is -0.815. The minimum Gasteiger partial charge on any atom is -0.469 e. The zero-order valence-corrected chi connectivity index (χ0v) is 15.3. The molecule has 1 saturated heterocycles. The van der Waals surface area contributed by atoms with Crippen LogP contribution < -0.4 is 0 Å². The van der Waals surface area contributed by atoms with Gasteiger partial charge in [-0.1, -0.05) is 27.7 Å². The highest BCUT2D eigenvalue weighted by Gasteiger charge is 2.28. The van der Waals surface area contributed by atoms with E-state index in [4.69, 9.17) is 4.74 Å². The lowest BCUT2D eigenvalue weighted by atomic mass is 9.97. The van der Waals surface area contributed by atoms with E-state index in [2.05, 4.69) is 4.74 Å². The SMILES string of the molecule is CC(C)C1CC(O)CC(=O)O1.COC(=O)CC(O)CC(O)C(C)C. The molecule has 1 rings (SSSR count). The molecule has 0 aromatic rings. The Hall–Kier alpha value is -1.18. The lowest BCUT2D eigenvalue weighted by Crippen LogP contribution is -2.35. The Morgan fingerprint density at radius 3 is 2.29 bits per heavy atom. The molecule has 1 fully saturated rings. The van der Waals surface area contributed by atoms with Crippen molar-refractivity contribution in [1.82, 2.24) is 0 Å². The topological polar surface area (TPSA) is 113 Å². The Morgan fingerprint density at radius 2 is 1.88 bits per heavy atom. The van der Waals surface area contributed by atoms with Crippen LogP contribution in [0.2, 0.25) is 0 Å². The Bertz CT molecular complexity index is 381. The molecule has 0 amide bonds. The smallest absolute Gasteiger partial charge is 0.308 e. The number of rotatable bonds is 6. The fourth-order valence-electron chi connectivity index (χ4n) is 2.13. The van der Waals surface area contributed by atoms with Crippen molar-refractivity contribution in [2.24, 2.45) is 11.8 Å². The number of carbonyl (C=O) groups is 2. The van der Waals surface area contributed by atoms with Gasteiger partial charge < -0.3 is 24.8 Å². The molecule has 7 heteroatoms. The predicted molar refractivity (Wildman–Crippen MR) is 88.1 cm³/mol. The summed E-state index contributed by atoms with van der Waals surface area (Å²) < 4.78 is 9.40. The molecular formula is C17H32O7. The molecule has 3 N–H and O–H groups in total. The van der Waals surface area contributed by atoms with Crippen LogP contribution in [0.25, 0.3) is 0 Å². The van der Waals surface area contributed by atoms with Crippen LogP contribution in [0.15, 0.2) is 0 Å². The Balaban J connectivity index is 0.000000446. The predicted octanol–water partition coefficient (Wildman–Crippen LogP) is 1.03. The summed E-state index contributed by atoms with van der Waals surface area (Å²) in [5.74, 6) is -0.341. The molecule has 0 saturated carbocycles. The second kappa shape index (κ2) is 11.4. The first-order valence-corrected chi connectivity index (χ1v) is 8.37. The van der Waals surface area contributed by atoms with E-state index >= 15 is 0 Å². The Labute approximate surface area is 144 Å². The van der Waals surface area contributed by atoms with E-state index in [0.29, 0.717) is 12.3 Å². The van der Waals surface area contributed by atoms with Crippen molar-refractivity contribution in [2.45, 2.75) is 77.8 Å². The van der Waals surface area contributed by atoms with Gasteiger partial charge in [0.05, 0.1) is 38.3 Å². The number of aliphatic hydroxyl groups excluding tert-OH is 3. The lowest BCUT2D eigenvalue weighted by Gasteiger charge is -2.28. The molecule has 0 radical (unpaired) electrons. The number of carbonyl (C=O) groups excluding carboxylic acids is 2. The van der Waals surface area contributed by atoms with Crippen LogP contribution in [0, 0.1) is 11.8 Å². The number of methoxy groups -OCH3 is 1. The quantitative estimate of drug-likeness (QED) is 0.614. The van der Waals surface area contributed by atoms with Crippen molar-refractivity contribution in [3.8, 4) is 0 Å². The average molecular weight is 348 g/mol. The highest BCUT2D eigenvalue weighted by Crippen LogP contribution is 2.20. The first-order valence-electron chi connectivity index (χ1n) is 8.37. The van der Waals surface area contributed by atoms with Gasteiger partial charge in [0, 0.05) is 12.8 Å². The summed E-state index contributed by atoms with van der Waals surface area (Å²) in [7, 11) is 1.27. The molecule has 24 heavy (non-hydrogen) atoms. The molecule has 7 nitrogen and oxygen atoms in total. The molecule has 0 bridgehead atoms. The van der Waals surface area contributed by atoms with Crippen molar-refractivity contribution in [3.05, 3.63) is 0 Å². The maximum atomic E-state index is 10.8. The first-order chi connectivity index (χ1) is 11.1. The summed E-state index contributed by atoms with van der Waals surface area (Å²) in [4.78, 5) is 21.5. The van der Waals surface area contributed by atoms with E-state index in [1.165, 1.54) is 7.11 Å². The van der Waals surface area contributed by atoms with E-state index < -0.39 is 24.3 Å². The number of aliphatic hydroxyl groups is 3. The number of esters is 2. The second-order valence-electron chi connectivity index (χ2n) is 6.85. The van der Waals surface area contributed by atoms with E-state index in [1.54, 1.807) is 0 Å². The molecule has 4 atom stereocenters. The van der Waals surface area contributed by atoms with E-state index in [1.807, 2.05) is 27.7 Å². The van der Waals surface area contributed by atoms with Crippen molar-refractivity contribution < 1.29 is 34.4 Å². The van der Waals surface area contributed by atoms with Crippen molar-refractivity contribution in [3.63, 3.8) is 0 Å². The zero-order valence-electron chi connectivity index (χ0n) is 15.3. The minimum absolute atomic E-state index is 0.0553.